The van der Waals surface area contributed by atoms with Crippen LogP contribution in [0.5, 0.6) is 0 Å². The van der Waals surface area contributed by atoms with Crippen molar-refractivity contribution in [2.75, 3.05) is 0 Å². The summed E-state index contributed by atoms with van der Waals surface area (Å²) in [5.74, 6) is -1.35. The van der Waals surface area contributed by atoms with Crippen molar-refractivity contribution in [2.24, 2.45) is 11.7 Å². The Hall–Kier alpha value is -3.02. The normalized spacial score (nSPS) is 11.8. The van der Waals surface area contributed by atoms with E-state index in [1.165, 1.54) is 6.20 Å². The van der Waals surface area contributed by atoms with Gasteiger partial charge in [-0.25, -0.2) is 0 Å². The molecular weight excluding hydrogens is 318 g/mol. The molecule has 0 spiro atoms. The van der Waals surface area contributed by atoms with Gasteiger partial charge in [0.15, 0.2) is 5.78 Å². The van der Waals surface area contributed by atoms with Crippen molar-refractivity contribution in [1.82, 2.24) is 10.3 Å². The van der Waals surface area contributed by atoms with Crippen molar-refractivity contribution in [3.05, 3.63) is 65.5 Å². The molecule has 0 saturated heterocycles. The van der Waals surface area contributed by atoms with Crippen LogP contribution >= 0.6 is 0 Å². The fourth-order valence-electron chi connectivity index (χ4n) is 2.45. The molecule has 0 radical (unpaired) electrons. The first-order valence-electron chi connectivity index (χ1n) is 8.02. The number of hydrogen-bond acceptors (Lipinski definition) is 4. The highest BCUT2D eigenvalue weighted by Gasteiger charge is 2.24. The summed E-state index contributed by atoms with van der Waals surface area (Å²) in [4.78, 5) is 40.6. The van der Waals surface area contributed by atoms with E-state index in [2.05, 4.69) is 10.3 Å². The van der Waals surface area contributed by atoms with Crippen molar-refractivity contribution in [3.63, 3.8) is 0 Å². The van der Waals surface area contributed by atoms with Crippen molar-refractivity contribution in [1.29, 1.82) is 0 Å². The standard InChI is InChI=1S/C19H21N3O3/c1-12(2)17(18(20)24)22-19(25)14-9-6-10-21-15(14)11-16(23)13-7-4-3-5-8-13/h3-10,12,17H,11H2,1-2H3,(H2,20,24)(H,22,25). The zero-order chi connectivity index (χ0) is 18.4. The fraction of sp³-hybridized carbons (Fsp3) is 0.263. The molecule has 1 heterocycles. The first-order chi connectivity index (χ1) is 11.9. The lowest BCUT2D eigenvalue weighted by Crippen LogP contribution is -2.47. The van der Waals surface area contributed by atoms with Gasteiger partial charge < -0.3 is 11.1 Å². The molecule has 0 aliphatic rings. The lowest BCUT2D eigenvalue weighted by Gasteiger charge is -2.19. The van der Waals surface area contributed by atoms with Crippen LogP contribution in [0.25, 0.3) is 0 Å². The van der Waals surface area contributed by atoms with Gasteiger partial charge in [0, 0.05) is 11.8 Å². The molecule has 25 heavy (non-hydrogen) atoms. The van der Waals surface area contributed by atoms with E-state index < -0.39 is 17.9 Å². The van der Waals surface area contributed by atoms with Gasteiger partial charge in [0.05, 0.1) is 17.7 Å². The summed E-state index contributed by atoms with van der Waals surface area (Å²) in [6, 6.07) is 11.2. The second kappa shape index (κ2) is 8.19. The smallest absolute Gasteiger partial charge is 0.253 e. The van der Waals surface area contributed by atoms with Crippen molar-refractivity contribution >= 4 is 17.6 Å². The highest BCUT2D eigenvalue weighted by atomic mass is 16.2. The monoisotopic (exact) mass is 339 g/mol. The van der Waals surface area contributed by atoms with Gasteiger partial charge in [0.1, 0.15) is 6.04 Å². The predicted octanol–water partition coefficient (Wildman–Crippen LogP) is 1.75. The number of amides is 2. The number of nitrogens with zero attached hydrogens (tertiary/aromatic N) is 1. The molecule has 2 rings (SSSR count). The van der Waals surface area contributed by atoms with Crippen molar-refractivity contribution in [3.8, 4) is 0 Å². The predicted molar refractivity (Wildman–Crippen MR) is 94.0 cm³/mol. The fourth-order valence-corrected chi connectivity index (χ4v) is 2.45. The number of rotatable bonds is 7. The van der Waals surface area contributed by atoms with Crippen LogP contribution in [0.2, 0.25) is 0 Å². The topological polar surface area (TPSA) is 102 Å². The van der Waals surface area contributed by atoms with E-state index in [1.54, 1.807) is 50.2 Å². The number of ketones is 1. The molecule has 0 saturated carbocycles. The van der Waals surface area contributed by atoms with E-state index in [9.17, 15) is 14.4 Å². The minimum atomic E-state index is -0.787. The molecule has 130 valence electrons. The van der Waals surface area contributed by atoms with Gasteiger partial charge in [-0.3, -0.25) is 19.4 Å². The molecule has 6 nitrogen and oxygen atoms in total. The molecule has 0 aliphatic carbocycles. The summed E-state index contributed by atoms with van der Waals surface area (Å²) in [5, 5.41) is 2.62. The number of Topliss-reactive ketones (excluding diaryl/α,β-unsaturated/α-hetero) is 1. The molecular formula is C19H21N3O3. The van der Waals surface area contributed by atoms with Gasteiger partial charge in [-0.15, -0.1) is 0 Å². The van der Waals surface area contributed by atoms with Gasteiger partial charge in [0.25, 0.3) is 5.91 Å². The molecule has 3 N–H and O–H groups in total. The van der Waals surface area contributed by atoms with E-state index in [0.29, 0.717) is 11.3 Å². The Kier molecular flexibility index (Phi) is 6.00. The second-order valence-corrected chi connectivity index (χ2v) is 6.06. The molecule has 2 aromatic rings. The lowest BCUT2D eigenvalue weighted by molar-refractivity contribution is -0.120. The van der Waals surface area contributed by atoms with Gasteiger partial charge >= 0.3 is 0 Å². The third-order valence-electron chi connectivity index (χ3n) is 3.82. The largest absolute Gasteiger partial charge is 0.368 e. The van der Waals surface area contributed by atoms with Crippen LogP contribution in [-0.2, 0) is 11.2 Å². The van der Waals surface area contributed by atoms with Crippen LogP contribution < -0.4 is 11.1 Å². The maximum absolute atomic E-state index is 12.5. The molecule has 1 unspecified atom stereocenters. The molecule has 1 atom stereocenters. The average Bonchev–Trinajstić information content (AvgIpc) is 2.60. The molecule has 0 aliphatic heterocycles. The Morgan fingerprint density at radius 3 is 2.36 bits per heavy atom. The van der Waals surface area contributed by atoms with Crippen LogP contribution in [0.15, 0.2) is 48.7 Å². The van der Waals surface area contributed by atoms with Gasteiger partial charge in [0.2, 0.25) is 5.91 Å². The lowest BCUT2D eigenvalue weighted by atomic mass is 10.0. The number of hydrogen-bond donors (Lipinski definition) is 2. The number of carbonyl (C=O) groups excluding carboxylic acids is 3. The molecule has 0 fully saturated rings. The van der Waals surface area contributed by atoms with Crippen LogP contribution in [0.3, 0.4) is 0 Å². The summed E-state index contributed by atoms with van der Waals surface area (Å²) >= 11 is 0. The van der Waals surface area contributed by atoms with Crippen LogP contribution in [0, 0.1) is 5.92 Å². The minimum Gasteiger partial charge on any atom is -0.368 e. The molecule has 1 aromatic carbocycles. The Bertz CT molecular complexity index is 772. The first-order valence-corrected chi connectivity index (χ1v) is 8.02. The zero-order valence-electron chi connectivity index (χ0n) is 14.2. The summed E-state index contributed by atoms with van der Waals surface area (Å²) in [6.45, 7) is 3.58. The number of carbonyl (C=O) groups is 3. The summed E-state index contributed by atoms with van der Waals surface area (Å²) in [5.41, 5.74) is 6.51. The van der Waals surface area contributed by atoms with E-state index >= 15 is 0 Å². The molecule has 0 bridgehead atoms. The van der Waals surface area contributed by atoms with E-state index in [4.69, 9.17) is 5.73 Å². The van der Waals surface area contributed by atoms with Crippen LogP contribution in [-0.4, -0.2) is 28.6 Å². The molecule has 6 heteroatoms. The number of nitrogens with one attached hydrogen (secondary N) is 1. The third kappa shape index (κ3) is 4.73. The van der Waals surface area contributed by atoms with Crippen LogP contribution in [0.1, 0.15) is 40.3 Å². The van der Waals surface area contributed by atoms with Gasteiger partial charge in [-0.1, -0.05) is 44.2 Å². The van der Waals surface area contributed by atoms with E-state index in [1.807, 2.05) is 6.07 Å². The van der Waals surface area contributed by atoms with Crippen LogP contribution in [0.4, 0.5) is 0 Å². The van der Waals surface area contributed by atoms with Gasteiger partial charge in [-0.2, -0.15) is 0 Å². The highest BCUT2D eigenvalue weighted by molar-refractivity contribution is 6.01. The Morgan fingerprint density at radius 2 is 1.76 bits per heavy atom. The first kappa shape index (κ1) is 18.3. The number of nitrogens with two attached hydrogens (primary N) is 1. The maximum atomic E-state index is 12.5. The second-order valence-electron chi connectivity index (χ2n) is 6.06. The SMILES string of the molecule is CC(C)C(NC(=O)c1cccnc1CC(=O)c1ccccc1)C(N)=O. The zero-order valence-corrected chi connectivity index (χ0v) is 14.2. The van der Waals surface area contributed by atoms with Crippen molar-refractivity contribution in [2.45, 2.75) is 26.3 Å². The van der Waals surface area contributed by atoms with E-state index in [0.717, 1.165) is 0 Å². The highest BCUT2D eigenvalue weighted by Crippen LogP contribution is 2.12. The Labute approximate surface area is 146 Å². The van der Waals surface area contributed by atoms with Crippen molar-refractivity contribution < 1.29 is 14.4 Å². The Balaban J connectivity index is 2.21. The average molecular weight is 339 g/mol. The molecule has 2 amide bonds. The summed E-state index contributed by atoms with van der Waals surface area (Å²) in [6.07, 6.45) is 1.52. The minimum absolute atomic E-state index is 0.00345. The quantitative estimate of drug-likeness (QED) is 0.750. The summed E-state index contributed by atoms with van der Waals surface area (Å²) in [7, 11) is 0. The summed E-state index contributed by atoms with van der Waals surface area (Å²) < 4.78 is 0. The third-order valence-corrected chi connectivity index (χ3v) is 3.82. The number of benzene rings is 1. The van der Waals surface area contributed by atoms with Gasteiger partial charge in [-0.05, 0) is 18.1 Å². The van der Waals surface area contributed by atoms with E-state index in [-0.39, 0.29) is 23.7 Å². The number of primary amides is 1. The number of aromatic nitrogens is 1. The Morgan fingerprint density at radius 1 is 1.08 bits per heavy atom. The number of pyridine rings is 1. The molecule has 1 aromatic heterocycles. The maximum Gasteiger partial charge on any atom is 0.253 e.